The van der Waals surface area contributed by atoms with Gasteiger partial charge in [0.1, 0.15) is 0 Å². The van der Waals surface area contributed by atoms with E-state index in [2.05, 4.69) is 26.1 Å². The topological polar surface area (TPSA) is 55.1 Å². The minimum atomic E-state index is -0.293. The number of amides is 1. The average molecular weight is 158 g/mol. The highest BCUT2D eigenvalue weighted by Crippen LogP contribution is 2.12. The van der Waals surface area contributed by atoms with Crippen molar-refractivity contribution in [2.24, 2.45) is 5.73 Å². The first-order valence-electron chi connectivity index (χ1n) is 4.07. The van der Waals surface area contributed by atoms with Crippen molar-refractivity contribution < 1.29 is 4.79 Å². The van der Waals surface area contributed by atoms with Crippen molar-refractivity contribution in [2.45, 2.75) is 39.2 Å². The third-order valence-corrected chi connectivity index (χ3v) is 2.25. The molecule has 0 saturated carbocycles. The molecule has 11 heavy (non-hydrogen) atoms. The molecule has 0 aliphatic carbocycles. The van der Waals surface area contributed by atoms with Crippen LogP contribution in [0.25, 0.3) is 0 Å². The van der Waals surface area contributed by atoms with Gasteiger partial charge in [-0.05, 0) is 19.8 Å². The van der Waals surface area contributed by atoms with Gasteiger partial charge in [0, 0.05) is 5.54 Å². The van der Waals surface area contributed by atoms with E-state index < -0.39 is 0 Å². The van der Waals surface area contributed by atoms with Crippen molar-refractivity contribution in [2.75, 3.05) is 6.54 Å². The normalized spacial score (nSPS) is 11.5. The number of nitrogens with two attached hydrogens (primary N) is 1. The van der Waals surface area contributed by atoms with Crippen LogP contribution in [0, 0.1) is 0 Å². The zero-order chi connectivity index (χ0) is 8.91. The van der Waals surface area contributed by atoms with Gasteiger partial charge in [0.05, 0.1) is 6.54 Å². The van der Waals surface area contributed by atoms with Crippen LogP contribution in [0.5, 0.6) is 0 Å². The Kier molecular flexibility index (Phi) is 4.11. The summed E-state index contributed by atoms with van der Waals surface area (Å²) in [6, 6.07) is 0. The zero-order valence-electron chi connectivity index (χ0n) is 7.61. The van der Waals surface area contributed by atoms with Crippen LogP contribution >= 0.6 is 0 Å². The Balaban J connectivity index is 3.78. The van der Waals surface area contributed by atoms with Crippen LogP contribution < -0.4 is 11.1 Å². The molecule has 0 spiro atoms. The summed E-state index contributed by atoms with van der Waals surface area (Å²) < 4.78 is 0. The third kappa shape index (κ3) is 3.98. The van der Waals surface area contributed by atoms with E-state index in [1.807, 2.05) is 0 Å². The molecule has 0 saturated heterocycles. The van der Waals surface area contributed by atoms with Crippen LogP contribution in [-0.2, 0) is 4.79 Å². The maximum atomic E-state index is 10.4. The van der Waals surface area contributed by atoms with Gasteiger partial charge < -0.3 is 11.1 Å². The summed E-state index contributed by atoms with van der Waals surface area (Å²) in [5.41, 5.74) is 5.07. The molecule has 0 rings (SSSR count). The second kappa shape index (κ2) is 4.34. The van der Waals surface area contributed by atoms with Crippen molar-refractivity contribution in [1.29, 1.82) is 0 Å². The highest BCUT2D eigenvalue weighted by molar-refractivity contribution is 5.75. The summed E-state index contributed by atoms with van der Waals surface area (Å²) in [6.07, 6.45) is 2.02. The Bertz CT molecular complexity index is 130. The highest BCUT2D eigenvalue weighted by atomic mass is 16.1. The van der Waals surface area contributed by atoms with Crippen LogP contribution in [0.3, 0.4) is 0 Å². The minimum absolute atomic E-state index is 0.0645. The molecule has 0 bridgehead atoms. The van der Waals surface area contributed by atoms with Crippen molar-refractivity contribution in [3.8, 4) is 0 Å². The first kappa shape index (κ1) is 10.4. The van der Waals surface area contributed by atoms with Crippen LogP contribution in [0.2, 0.25) is 0 Å². The first-order chi connectivity index (χ1) is 5.04. The van der Waals surface area contributed by atoms with Crippen LogP contribution in [0.15, 0.2) is 0 Å². The van der Waals surface area contributed by atoms with Gasteiger partial charge in [0.25, 0.3) is 0 Å². The van der Waals surface area contributed by atoms with E-state index in [-0.39, 0.29) is 18.0 Å². The predicted molar refractivity (Wildman–Crippen MR) is 46.2 cm³/mol. The Hall–Kier alpha value is -0.570. The molecule has 0 fully saturated rings. The SMILES string of the molecule is CCC(C)(CC)NCC(N)=O. The van der Waals surface area contributed by atoms with Crippen LogP contribution in [0.4, 0.5) is 0 Å². The van der Waals surface area contributed by atoms with Crippen LogP contribution in [0.1, 0.15) is 33.6 Å². The fraction of sp³-hybridized carbons (Fsp3) is 0.875. The van der Waals surface area contributed by atoms with Gasteiger partial charge in [-0.25, -0.2) is 0 Å². The average Bonchev–Trinajstić information content (AvgIpc) is 2.00. The zero-order valence-corrected chi connectivity index (χ0v) is 7.61. The van der Waals surface area contributed by atoms with Crippen molar-refractivity contribution in [3.05, 3.63) is 0 Å². The van der Waals surface area contributed by atoms with E-state index in [1.165, 1.54) is 0 Å². The van der Waals surface area contributed by atoms with Gasteiger partial charge in [-0.3, -0.25) is 4.79 Å². The summed E-state index contributed by atoms with van der Waals surface area (Å²) in [7, 11) is 0. The summed E-state index contributed by atoms with van der Waals surface area (Å²) in [4.78, 5) is 10.4. The molecule has 0 aliphatic heterocycles. The smallest absolute Gasteiger partial charge is 0.231 e. The van der Waals surface area contributed by atoms with E-state index in [0.29, 0.717) is 0 Å². The molecule has 3 nitrogen and oxygen atoms in total. The monoisotopic (exact) mass is 158 g/mol. The minimum Gasteiger partial charge on any atom is -0.369 e. The van der Waals surface area contributed by atoms with E-state index in [9.17, 15) is 4.79 Å². The van der Waals surface area contributed by atoms with Crippen molar-refractivity contribution >= 4 is 5.91 Å². The summed E-state index contributed by atoms with van der Waals surface area (Å²) >= 11 is 0. The Morgan fingerprint density at radius 2 is 1.91 bits per heavy atom. The molecule has 0 atom stereocenters. The lowest BCUT2D eigenvalue weighted by Gasteiger charge is -2.27. The molecule has 0 unspecified atom stereocenters. The van der Waals surface area contributed by atoms with E-state index in [1.54, 1.807) is 0 Å². The van der Waals surface area contributed by atoms with Crippen molar-refractivity contribution in [3.63, 3.8) is 0 Å². The third-order valence-electron chi connectivity index (χ3n) is 2.25. The van der Waals surface area contributed by atoms with Gasteiger partial charge >= 0.3 is 0 Å². The fourth-order valence-electron chi connectivity index (χ4n) is 0.801. The molecule has 0 aromatic carbocycles. The second-order valence-corrected chi connectivity index (χ2v) is 3.09. The maximum Gasteiger partial charge on any atom is 0.231 e. The highest BCUT2D eigenvalue weighted by Gasteiger charge is 2.18. The molecule has 66 valence electrons. The number of primary amides is 1. The quantitative estimate of drug-likeness (QED) is 0.617. The van der Waals surface area contributed by atoms with Gasteiger partial charge in [0.15, 0.2) is 0 Å². The summed E-state index contributed by atoms with van der Waals surface area (Å²) in [5.74, 6) is -0.293. The number of carbonyl (C=O) groups excluding carboxylic acids is 1. The van der Waals surface area contributed by atoms with Gasteiger partial charge in [-0.15, -0.1) is 0 Å². The van der Waals surface area contributed by atoms with E-state index in [4.69, 9.17) is 5.73 Å². The molecule has 0 aromatic rings. The molecule has 3 N–H and O–H groups in total. The lowest BCUT2D eigenvalue weighted by atomic mass is 9.96. The van der Waals surface area contributed by atoms with Crippen molar-refractivity contribution in [1.82, 2.24) is 5.32 Å². The number of hydrogen-bond donors (Lipinski definition) is 2. The number of rotatable bonds is 5. The summed E-state index contributed by atoms with van der Waals surface area (Å²) in [6.45, 7) is 6.56. The molecule has 0 heterocycles. The van der Waals surface area contributed by atoms with Gasteiger partial charge in [0.2, 0.25) is 5.91 Å². The fourth-order valence-corrected chi connectivity index (χ4v) is 0.801. The van der Waals surface area contributed by atoms with E-state index >= 15 is 0 Å². The number of hydrogen-bond acceptors (Lipinski definition) is 2. The molecular weight excluding hydrogens is 140 g/mol. The molecule has 0 aliphatic rings. The Morgan fingerprint density at radius 3 is 2.18 bits per heavy atom. The predicted octanol–water partition coefficient (Wildman–Crippen LogP) is 0.640. The molecule has 1 amide bonds. The number of nitrogens with one attached hydrogen (secondary N) is 1. The molecule has 0 aromatic heterocycles. The summed E-state index contributed by atoms with van der Waals surface area (Å²) in [5, 5.41) is 3.12. The second-order valence-electron chi connectivity index (χ2n) is 3.09. The molecular formula is C8H18N2O. The lowest BCUT2D eigenvalue weighted by Crippen LogP contribution is -2.45. The van der Waals surface area contributed by atoms with Crippen LogP contribution in [-0.4, -0.2) is 18.0 Å². The number of carbonyl (C=O) groups is 1. The van der Waals surface area contributed by atoms with E-state index in [0.717, 1.165) is 12.8 Å². The van der Waals surface area contributed by atoms with Gasteiger partial charge in [-0.2, -0.15) is 0 Å². The maximum absolute atomic E-state index is 10.4. The lowest BCUT2D eigenvalue weighted by molar-refractivity contribution is -0.117. The Morgan fingerprint density at radius 1 is 1.45 bits per heavy atom. The molecule has 0 radical (unpaired) electrons. The molecule has 3 heteroatoms. The largest absolute Gasteiger partial charge is 0.369 e. The Labute approximate surface area is 68.3 Å². The first-order valence-corrected chi connectivity index (χ1v) is 4.07. The van der Waals surface area contributed by atoms with Gasteiger partial charge in [-0.1, -0.05) is 13.8 Å². The standard InChI is InChI=1S/C8H18N2O/c1-4-8(3,5-2)10-6-7(9)11/h10H,4-6H2,1-3H3,(H2,9,11).